The van der Waals surface area contributed by atoms with E-state index in [2.05, 4.69) is 5.32 Å². The lowest BCUT2D eigenvalue weighted by Gasteiger charge is -2.17. The Labute approximate surface area is 108 Å². The van der Waals surface area contributed by atoms with Crippen molar-refractivity contribution in [3.05, 3.63) is 29.8 Å². The molecule has 1 rings (SSSR count). The Morgan fingerprint density at radius 2 is 1.94 bits per heavy atom. The molecule has 0 saturated heterocycles. The van der Waals surface area contributed by atoms with Gasteiger partial charge in [0.05, 0.1) is 0 Å². The molecule has 4 heteroatoms. The van der Waals surface area contributed by atoms with Crippen LogP contribution in [0.5, 0.6) is 5.75 Å². The summed E-state index contributed by atoms with van der Waals surface area (Å²) in [6.07, 6.45) is 0. The molecule has 0 radical (unpaired) electrons. The second-order valence-electron chi connectivity index (χ2n) is 4.68. The molecule has 100 valence electrons. The molecule has 18 heavy (non-hydrogen) atoms. The predicted molar refractivity (Wildman–Crippen MR) is 70.9 cm³/mol. The minimum atomic E-state index is -0.819. The molecule has 0 heterocycles. The van der Waals surface area contributed by atoms with Crippen molar-refractivity contribution in [2.24, 2.45) is 5.92 Å². The van der Waals surface area contributed by atoms with Crippen LogP contribution in [0.3, 0.4) is 0 Å². The highest BCUT2D eigenvalue weighted by Gasteiger charge is 2.19. The van der Waals surface area contributed by atoms with Gasteiger partial charge in [-0.25, -0.2) is 0 Å². The van der Waals surface area contributed by atoms with Gasteiger partial charge in [-0.3, -0.25) is 4.79 Å². The molecular formula is C14H21NO3. The zero-order valence-corrected chi connectivity index (χ0v) is 11.1. The van der Waals surface area contributed by atoms with E-state index in [9.17, 15) is 4.79 Å². The molecule has 0 bridgehead atoms. The van der Waals surface area contributed by atoms with Crippen molar-refractivity contribution in [3.8, 4) is 5.75 Å². The topological polar surface area (TPSA) is 58.6 Å². The van der Waals surface area contributed by atoms with Crippen molar-refractivity contribution < 1.29 is 14.6 Å². The maximum absolute atomic E-state index is 10.9. The second kappa shape index (κ2) is 7.01. The van der Waals surface area contributed by atoms with Crippen molar-refractivity contribution in [3.63, 3.8) is 0 Å². The lowest BCUT2D eigenvalue weighted by molar-refractivity contribution is -0.140. The minimum Gasteiger partial charge on any atom is -0.492 e. The molecule has 0 saturated carbocycles. The molecule has 1 atom stereocenters. The minimum absolute atomic E-state index is 0.0573. The first kappa shape index (κ1) is 14.5. The van der Waals surface area contributed by atoms with Crippen LogP contribution in [0.1, 0.15) is 19.4 Å². The monoisotopic (exact) mass is 251 g/mol. The molecule has 0 aliphatic rings. The highest BCUT2D eigenvalue weighted by Crippen LogP contribution is 2.10. The number of rotatable bonds is 7. The first-order valence-corrected chi connectivity index (χ1v) is 6.16. The first-order valence-electron chi connectivity index (χ1n) is 6.16. The van der Waals surface area contributed by atoms with Gasteiger partial charge in [0.15, 0.2) is 0 Å². The van der Waals surface area contributed by atoms with Gasteiger partial charge in [0.2, 0.25) is 0 Å². The summed E-state index contributed by atoms with van der Waals surface area (Å²) in [5, 5.41) is 12.0. The van der Waals surface area contributed by atoms with E-state index in [1.807, 2.05) is 45.0 Å². The van der Waals surface area contributed by atoms with Gasteiger partial charge >= 0.3 is 5.97 Å². The van der Waals surface area contributed by atoms with Crippen LogP contribution in [0.4, 0.5) is 0 Å². The van der Waals surface area contributed by atoms with E-state index in [4.69, 9.17) is 9.84 Å². The van der Waals surface area contributed by atoms with E-state index in [0.717, 1.165) is 5.75 Å². The highest BCUT2D eigenvalue weighted by molar-refractivity contribution is 5.73. The number of ether oxygens (including phenoxy) is 1. The maximum Gasteiger partial charge on any atom is 0.320 e. The maximum atomic E-state index is 10.9. The largest absolute Gasteiger partial charge is 0.492 e. The van der Waals surface area contributed by atoms with Gasteiger partial charge < -0.3 is 15.2 Å². The molecule has 2 N–H and O–H groups in total. The third-order valence-corrected chi connectivity index (χ3v) is 2.69. The number of aliphatic carboxylic acids is 1. The molecule has 1 aromatic carbocycles. The summed E-state index contributed by atoms with van der Waals surface area (Å²) in [6.45, 7) is 6.76. The molecule has 0 amide bonds. The Kier molecular flexibility index (Phi) is 5.65. The van der Waals surface area contributed by atoms with Gasteiger partial charge in [0.1, 0.15) is 18.4 Å². The fourth-order valence-electron chi connectivity index (χ4n) is 1.63. The molecule has 0 aliphatic carbocycles. The number of aryl methyl sites for hydroxylation is 1. The number of benzene rings is 1. The third kappa shape index (κ3) is 4.75. The Hall–Kier alpha value is -1.55. The normalized spacial score (nSPS) is 12.4. The van der Waals surface area contributed by atoms with Gasteiger partial charge in [0.25, 0.3) is 0 Å². The standard InChI is InChI=1S/C14H21NO3/c1-10(2)13(14(16)17)15-8-9-18-12-6-4-11(3)5-7-12/h4-7,10,13,15H,8-9H2,1-3H3,(H,16,17). The van der Waals surface area contributed by atoms with Gasteiger partial charge in [-0.1, -0.05) is 31.5 Å². The van der Waals surface area contributed by atoms with Crippen LogP contribution in [-0.2, 0) is 4.79 Å². The van der Waals surface area contributed by atoms with Crippen LogP contribution in [0.2, 0.25) is 0 Å². The molecular weight excluding hydrogens is 230 g/mol. The fourth-order valence-corrected chi connectivity index (χ4v) is 1.63. The van der Waals surface area contributed by atoms with E-state index in [-0.39, 0.29) is 5.92 Å². The number of hydrogen-bond donors (Lipinski definition) is 2. The van der Waals surface area contributed by atoms with Gasteiger partial charge in [0, 0.05) is 6.54 Å². The summed E-state index contributed by atoms with van der Waals surface area (Å²) in [5.74, 6) is 0.0426. The average Bonchev–Trinajstić information content (AvgIpc) is 2.30. The lowest BCUT2D eigenvalue weighted by Crippen LogP contribution is -2.42. The highest BCUT2D eigenvalue weighted by atomic mass is 16.5. The molecule has 0 aromatic heterocycles. The molecule has 1 aromatic rings. The summed E-state index contributed by atoms with van der Waals surface area (Å²) in [6, 6.07) is 7.26. The van der Waals surface area contributed by atoms with Crippen LogP contribution < -0.4 is 10.1 Å². The number of carboxylic acid groups (broad SMARTS) is 1. The summed E-state index contributed by atoms with van der Waals surface area (Å²) in [7, 11) is 0. The molecule has 1 unspecified atom stereocenters. The average molecular weight is 251 g/mol. The Balaban J connectivity index is 2.29. The SMILES string of the molecule is Cc1ccc(OCCNC(C(=O)O)C(C)C)cc1. The van der Waals surface area contributed by atoms with E-state index in [1.165, 1.54) is 5.56 Å². The second-order valence-corrected chi connectivity index (χ2v) is 4.68. The van der Waals surface area contributed by atoms with E-state index >= 15 is 0 Å². The quantitative estimate of drug-likeness (QED) is 0.728. The van der Waals surface area contributed by atoms with Crippen molar-refractivity contribution in [1.82, 2.24) is 5.32 Å². The van der Waals surface area contributed by atoms with E-state index in [1.54, 1.807) is 0 Å². The van der Waals surface area contributed by atoms with Crippen LogP contribution in [0.15, 0.2) is 24.3 Å². The number of hydrogen-bond acceptors (Lipinski definition) is 3. The summed E-state index contributed by atoms with van der Waals surface area (Å²) in [4.78, 5) is 10.9. The van der Waals surface area contributed by atoms with Crippen molar-refractivity contribution in [2.75, 3.05) is 13.2 Å². The Bertz CT molecular complexity index is 373. The number of carbonyl (C=O) groups is 1. The predicted octanol–water partition coefficient (Wildman–Crippen LogP) is 2.07. The Morgan fingerprint density at radius 3 is 2.44 bits per heavy atom. The van der Waals surface area contributed by atoms with Gasteiger partial charge in [-0.05, 0) is 25.0 Å². The molecule has 0 fully saturated rings. The smallest absolute Gasteiger partial charge is 0.320 e. The number of carboxylic acids is 1. The van der Waals surface area contributed by atoms with Crippen LogP contribution in [-0.4, -0.2) is 30.3 Å². The third-order valence-electron chi connectivity index (χ3n) is 2.69. The van der Waals surface area contributed by atoms with E-state index < -0.39 is 12.0 Å². The summed E-state index contributed by atoms with van der Waals surface area (Å²) in [5.41, 5.74) is 1.19. The van der Waals surface area contributed by atoms with Crippen LogP contribution >= 0.6 is 0 Å². The molecule has 0 aliphatic heterocycles. The summed E-state index contributed by atoms with van der Waals surface area (Å²) >= 11 is 0. The zero-order valence-electron chi connectivity index (χ0n) is 11.1. The Morgan fingerprint density at radius 1 is 1.33 bits per heavy atom. The van der Waals surface area contributed by atoms with Crippen molar-refractivity contribution in [2.45, 2.75) is 26.8 Å². The first-order chi connectivity index (χ1) is 8.50. The van der Waals surface area contributed by atoms with Crippen molar-refractivity contribution in [1.29, 1.82) is 0 Å². The zero-order chi connectivity index (χ0) is 13.5. The summed E-state index contributed by atoms with van der Waals surface area (Å²) < 4.78 is 5.52. The van der Waals surface area contributed by atoms with Crippen LogP contribution in [0, 0.1) is 12.8 Å². The molecule has 4 nitrogen and oxygen atoms in total. The molecule has 0 spiro atoms. The van der Waals surface area contributed by atoms with E-state index in [0.29, 0.717) is 13.2 Å². The van der Waals surface area contributed by atoms with Crippen molar-refractivity contribution >= 4 is 5.97 Å². The van der Waals surface area contributed by atoms with Gasteiger partial charge in [-0.15, -0.1) is 0 Å². The lowest BCUT2D eigenvalue weighted by atomic mass is 10.1. The van der Waals surface area contributed by atoms with Gasteiger partial charge in [-0.2, -0.15) is 0 Å². The number of nitrogens with one attached hydrogen (secondary N) is 1. The van der Waals surface area contributed by atoms with Crippen LogP contribution in [0.25, 0.3) is 0 Å². The fraction of sp³-hybridized carbons (Fsp3) is 0.500.